The zero-order chi connectivity index (χ0) is 18.2. The van der Waals surface area contributed by atoms with Crippen LogP contribution in [0, 0.1) is 11.3 Å². The molecule has 5 heteroatoms. The van der Waals surface area contributed by atoms with E-state index in [-0.39, 0.29) is 11.3 Å². The molecule has 1 amide bonds. The minimum Gasteiger partial charge on any atom is -0.506 e. The van der Waals surface area contributed by atoms with Crippen molar-refractivity contribution >= 4 is 17.3 Å². The van der Waals surface area contributed by atoms with Crippen molar-refractivity contribution in [1.82, 2.24) is 0 Å². The lowest BCUT2D eigenvalue weighted by Crippen LogP contribution is -2.17. The molecule has 0 saturated heterocycles. The van der Waals surface area contributed by atoms with Crippen molar-refractivity contribution in [1.29, 1.82) is 5.26 Å². The summed E-state index contributed by atoms with van der Waals surface area (Å²) >= 11 is 0. The van der Waals surface area contributed by atoms with Gasteiger partial charge in [0.25, 0.3) is 5.91 Å². The molecule has 2 rings (SSSR count). The average Bonchev–Trinajstić information content (AvgIpc) is 2.63. The van der Waals surface area contributed by atoms with Crippen molar-refractivity contribution in [3.05, 3.63) is 65.4 Å². The third-order valence-corrected chi connectivity index (χ3v) is 3.88. The number of hydrogen-bond donors (Lipinski definition) is 3. The van der Waals surface area contributed by atoms with Gasteiger partial charge in [-0.2, -0.15) is 5.26 Å². The number of benzene rings is 2. The van der Waals surface area contributed by atoms with Gasteiger partial charge in [0.05, 0.1) is 5.69 Å². The Morgan fingerprint density at radius 3 is 2.32 bits per heavy atom. The summed E-state index contributed by atoms with van der Waals surface area (Å²) in [6.07, 6.45) is 2.86. The van der Waals surface area contributed by atoms with Gasteiger partial charge in [0.15, 0.2) is 0 Å². The second-order valence-electron chi connectivity index (χ2n) is 5.44. The highest BCUT2D eigenvalue weighted by Crippen LogP contribution is 2.24. The maximum atomic E-state index is 12.5. The molecule has 25 heavy (non-hydrogen) atoms. The molecule has 2 aromatic carbocycles. The fourth-order valence-corrected chi connectivity index (χ4v) is 2.48. The molecule has 0 saturated carbocycles. The molecule has 0 spiro atoms. The van der Waals surface area contributed by atoms with Gasteiger partial charge in [-0.05, 0) is 36.1 Å². The van der Waals surface area contributed by atoms with Crippen LogP contribution >= 0.6 is 0 Å². The minimum atomic E-state index is -0.485. The Kier molecular flexibility index (Phi) is 6.19. The van der Waals surface area contributed by atoms with E-state index in [2.05, 4.69) is 10.6 Å². The molecule has 128 valence electrons. The first kappa shape index (κ1) is 18.1. The van der Waals surface area contributed by atoms with Crippen LogP contribution in [0.1, 0.15) is 25.0 Å². The van der Waals surface area contributed by atoms with E-state index in [4.69, 9.17) is 0 Å². The lowest BCUT2D eigenvalue weighted by atomic mass is 10.0. The maximum Gasteiger partial charge on any atom is 0.267 e. The standard InChI is InChI=1S/C20H21N3O2/c1-3-14-8-7-9-15(4-2)19(14)23-20(25)16(12-21)13-22-17-10-5-6-11-18(17)24/h5-11,13,22,24H,3-4H2,1-2H3,(H,23,25)/b16-13-. The highest BCUT2D eigenvalue weighted by atomic mass is 16.3. The van der Waals surface area contributed by atoms with Crippen molar-refractivity contribution in [2.45, 2.75) is 26.7 Å². The molecule has 0 bridgehead atoms. The Labute approximate surface area is 147 Å². The lowest BCUT2D eigenvalue weighted by molar-refractivity contribution is -0.112. The zero-order valence-electron chi connectivity index (χ0n) is 14.3. The Balaban J connectivity index is 2.23. The van der Waals surface area contributed by atoms with Gasteiger partial charge in [-0.15, -0.1) is 0 Å². The first-order valence-electron chi connectivity index (χ1n) is 8.17. The Bertz CT molecular complexity index is 813. The number of aryl methyl sites for hydroxylation is 2. The van der Waals surface area contributed by atoms with Crippen LogP contribution in [0.2, 0.25) is 0 Å². The molecule has 2 aromatic rings. The monoisotopic (exact) mass is 335 g/mol. The van der Waals surface area contributed by atoms with Crippen LogP contribution in [0.3, 0.4) is 0 Å². The van der Waals surface area contributed by atoms with Crippen molar-refractivity contribution < 1.29 is 9.90 Å². The number of anilines is 2. The second-order valence-corrected chi connectivity index (χ2v) is 5.44. The highest BCUT2D eigenvalue weighted by Gasteiger charge is 2.14. The molecule has 0 aliphatic heterocycles. The number of phenolic OH excluding ortho intramolecular Hbond substituents is 1. The van der Waals surface area contributed by atoms with Gasteiger partial charge in [0.2, 0.25) is 0 Å². The predicted molar refractivity (Wildman–Crippen MR) is 99.3 cm³/mol. The van der Waals surface area contributed by atoms with Gasteiger partial charge >= 0.3 is 0 Å². The quantitative estimate of drug-likeness (QED) is 0.423. The molecule has 0 unspecified atom stereocenters. The summed E-state index contributed by atoms with van der Waals surface area (Å²) in [7, 11) is 0. The van der Waals surface area contributed by atoms with Crippen LogP contribution in [0.15, 0.2) is 54.2 Å². The molecule has 0 aliphatic carbocycles. The highest BCUT2D eigenvalue weighted by molar-refractivity contribution is 6.07. The molecular formula is C20H21N3O2. The number of nitriles is 1. The second kappa shape index (κ2) is 8.55. The molecule has 0 aromatic heterocycles. The summed E-state index contributed by atoms with van der Waals surface area (Å²) in [4.78, 5) is 12.5. The van der Waals surface area contributed by atoms with E-state index in [1.807, 2.05) is 38.1 Å². The number of hydrogen-bond acceptors (Lipinski definition) is 4. The molecule has 0 aliphatic rings. The number of nitrogens with one attached hydrogen (secondary N) is 2. The van der Waals surface area contributed by atoms with Gasteiger partial charge in [-0.25, -0.2) is 0 Å². The minimum absolute atomic E-state index is 0.0426. The number of aromatic hydroxyl groups is 1. The number of nitrogens with zero attached hydrogens (tertiary/aromatic N) is 1. The summed E-state index contributed by atoms with van der Waals surface area (Å²) in [6, 6.07) is 14.4. The van der Waals surface area contributed by atoms with Crippen LogP contribution in [0.4, 0.5) is 11.4 Å². The van der Waals surface area contributed by atoms with Crippen LogP contribution < -0.4 is 10.6 Å². The first-order valence-corrected chi connectivity index (χ1v) is 8.17. The third-order valence-electron chi connectivity index (χ3n) is 3.88. The van der Waals surface area contributed by atoms with Gasteiger partial charge in [-0.1, -0.05) is 44.2 Å². The fourth-order valence-electron chi connectivity index (χ4n) is 2.48. The van der Waals surface area contributed by atoms with Crippen molar-refractivity contribution in [3.63, 3.8) is 0 Å². The van der Waals surface area contributed by atoms with Gasteiger partial charge in [0, 0.05) is 11.9 Å². The maximum absolute atomic E-state index is 12.5. The molecule has 0 heterocycles. The summed E-state index contributed by atoms with van der Waals surface area (Å²) in [5.74, 6) is -0.443. The molecule has 0 radical (unpaired) electrons. The number of rotatable bonds is 6. The molecule has 5 nitrogen and oxygen atoms in total. The molecule has 0 fully saturated rings. The van der Waals surface area contributed by atoms with Crippen molar-refractivity contribution in [3.8, 4) is 11.8 Å². The Morgan fingerprint density at radius 2 is 1.76 bits per heavy atom. The number of carbonyl (C=O) groups is 1. The van der Waals surface area contributed by atoms with Gasteiger partial charge in [0.1, 0.15) is 17.4 Å². The predicted octanol–water partition coefficient (Wildman–Crippen LogP) is 3.98. The number of carbonyl (C=O) groups excluding carboxylic acids is 1. The summed E-state index contributed by atoms with van der Waals surface area (Å²) in [6.45, 7) is 4.04. The Morgan fingerprint density at radius 1 is 1.12 bits per heavy atom. The molecule has 3 N–H and O–H groups in total. The largest absolute Gasteiger partial charge is 0.506 e. The van der Waals surface area contributed by atoms with E-state index in [1.54, 1.807) is 18.2 Å². The third kappa shape index (κ3) is 4.39. The molecular weight excluding hydrogens is 314 g/mol. The zero-order valence-corrected chi connectivity index (χ0v) is 14.3. The number of para-hydroxylation sites is 3. The first-order chi connectivity index (χ1) is 12.1. The Hall–Kier alpha value is -3.26. The van der Waals surface area contributed by atoms with Gasteiger partial charge in [-0.3, -0.25) is 4.79 Å². The fraction of sp³-hybridized carbons (Fsp3) is 0.200. The summed E-state index contributed by atoms with van der Waals surface area (Å²) < 4.78 is 0. The SMILES string of the molecule is CCc1cccc(CC)c1NC(=O)/C(C#N)=C\Nc1ccccc1O. The number of phenols is 1. The van der Waals surface area contributed by atoms with Crippen LogP contribution in [-0.4, -0.2) is 11.0 Å². The van der Waals surface area contributed by atoms with Crippen LogP contribution in [-0.2, 0) is 17.6 Å². The van der Waals surface area contributed by atoms with E-state index in [9.17, 15) is 15.2 Å². The van der Waals surface area contributed by atoms with Crippen LogP contribution in [0.5, 0.6) is 5.75 Å². The normalized spacial score (nSPS) is 10.8. The summed E-state index contributed by atoms with van der Waals surface area (Å²) in [5, 5.41) is 24.7. The van der Waals surface area contributed by atoms with E-state index in [0.717, 1.165) is 29.7 Å². The van der Waals surface area contributed by atoms with Crippen molar-refractivity contribution in [2.75, 3.05) is 10.6 Å². The van der Waals surface area contributed by atoms with E-state index in [1.165, 1.54) is 12.3 Å². The molecule has 0 atom stereocenters. The lowest BCUT2D eigenvalue weighted by Gasteiger charge is -2.14. The van der Waals surface area contributed by atoms with E-state index < -0.39 is 5.91 Å². The van der Waals surface area contributed by atoms with E-state index in [0.29, 0.717) is 5.69 Å². The topological polar surface area (TPSA) is 85.2 Å². The smallest absolute Gasteiger partial charge is 0.267 e. The van der Waals surface area contributed by atoms with Gasteiger partial charge < -0.3 is 15.7 Å². The number of amides is 1. The summed E-state index contributed by atoms with van der Waals surface area (Å²) in [5.41, 5.74) is 3.17. The average molecular weight is 335 g/mol. The van der Waals surface area contributed by atoms with Crippen LogP contribution in [0.25, 0.3) is 0 Å². The van der Waals surface area contributed by atoms with E-state index >= 15 is 0 Å². The van der Waals surface area contributed by atoms with Crippen molar-refractivity contribution in [2.24, 2.45) is 0 Å².